The van der Waals surface area contributed by atoms with Crippen LogP contribution in [0.2, 0.25) is 0 Å². The zero-order valence-electron chi connectivity index (χ0n) is 13.8. The highest BCUT2D eigenvalue weighted by Crippen LogP contribution is 2.30. The Labute approximate surface area is 121 Å². The lowest BCUT2D eigenvalue weighted by molar-refractivity contribution is -0.544. The fourth-order valence-corrected chi connectivity index (χ4v) is 1.32. The Balaban J connectivity index is 5.05. The molecule has 0 rings (SSSR count). The molecule has 0 aliphatic rings. The van der Waals surface area contributed by atoms with Crippen molar-refractivity contribution in [1.29, 1.82) is 0 Å². The number of carbonyl (C=O) groups is 1. The van der Waals surface area contributed by atoms with Gasteiger partial charge in [-0.1, -0.05) is 6.92 Å². The van der Waals surface area contributed by atoms with E-state index in [0.29, 0.717) is 6.42 Å². The molecule has 0 fully saturated rings. The van der Waals surface area contributed by atoms with Crippen molar-refractivity contribution < 1.29 is 29.5 Å². The summed E-state index contributed by atoms with van der Waals surface area (Å²) in [5, 5.41) is 9.30. The molecule has 0 radical (unpaired) electrons. The molecule has 0 aromatic rings. The predicted octanol–water partition coefficient (Wildman–Crippen LogP) is 3.31. The third-order valence-corrected chi connectivity index (χ3v) is 2.25. The van der Waals surface area contributed by atoms with Crippen LogP contribution in [0.1, 0.15) is 61.8 Å². The maximum absolute atomic E-state index is 11.4. The molecule has 0 saturated heterocycles. The van der Waals surface area contributed by atoms with Crippen molar-refractivity contribution in [2.24, 2.45) is 5.92 Å². The molecule has 1 N–H and O–H groups in total. The van der Waals surface area contributed by atoms with E-state index in [9.17, 15) is 9.90 Å². The third-order valence-electron chi connectivity index (χ3n) is 2.25. The Kier molecular flexibility index (Phi) is 6.61. The first-order valence-electron chi connectivity index (χ1n) is 6.77. The minimum atomic E-state index is -1.54. The second kappa shape index (κ2) is 6.85. The predicted molar refractivity (Wildman–Crippen MR) is 73.7 cm³/mol. The van der Waals surface area contributed by atoms with E-state index in [1.54, 1.807) is 48.5 Å². The van der Waals surface area contributed by atoms with E-state index in [4.69, 9.17) is 19.6 Å². The Hall–Kier alpha value is -0.690. The van der Waals surface area contributed by atoms with Gasteiger partial charge in [0.25, 0.3) is 0 Å². The number of carboxylic acid groups (broad SMARTS) is 1. The zero-order chi connectivity index (χ0) is 16.2. The van der Waals surface area contributed by atoms with Crippen LogP contribution in [0, 0.1) is 5.92 Å². The monoisotopic (exact) mass is 292 g/mol. The molecule has 0 aliphatic heterocycles. The van der Waals surface area contributed by atoms with Crippen LogP contribution in [-0.2, 0) is 24.3 Å². The summed E-state index contributed by atoms with van der Waals surface area (Å²) in [5.74, 6) is -3.50. The second-order valence-corrected chi connectivity index (χ2v) is 6.87. The SMILES string of the molecule is CCC(C(=O)O)C(C)(OOC(C)(C)C)OOC(C)(C)C. The molecule has 1 unspecified atom stereocenters. The molecule has 0 bridgehead atoms. The van der Waals surface area contributed by atoms with Crippen LogP contribution in [0.15, 0.2) is 0 Å². The van der Waals surface area contributed by atoms with Crippen LogP contribution in [0.25, 0.3) is 0 Å². The van der Waals surface area contributed by atoms with Crippen LogP contribution in [0.4, 0.5) is 0 Å². The third kappa shape index (κ3) is 7.19. The summed E-state index contributed by atoms with van der Waals surface area (Å²) in [4.78, 5) is 32.4. The number of rotatable bonds is 7. The molecule has 0 heterocycles. The Bertz CT molecular complexity index is 295. The molecular weight excluding hydrogens is 264 g/mol. The van der Waals surface area contributed by atoms with Gasteiger partial charge in [-0.25, -0.2) is 9.78 Å². The average Bonchev–Trinajstić information content (AvgIpc) is 2.22. The summed E-state index contributed by atoms with van der Waals surface area (Å²) in [5.41, 5.74) is -1.19. The second-order valence-electron chi connectivity index (χ2n) is 6.87. The van der Waals surface area contributed by atoms with Gasteiger partial charge in [0.05, 0.1) is 11.2 Å². The van der Waals surface area contributed by atoms with Crippen molar-refractivity contribution in [3.05, 3.63) is 0 Å². The smallest absolute Gasteiger partial charge is 0.312 e. The molecular formula is C14H28O6. The van der Waals surface area contributed by atoms with Crippen molar-refractivity contribution in [3.63, 3.8) is 0 Å². The largest absolute Gasteiger partial charge is 0.481 e. The first kappa shape index (κ1) is 19.3. The summed E-state index contributed by atoms with van der Waals surface area (Å²) >= 11 is 0. The van der Waals surface area contributed by atoms with Crippen LogP contribution < -0.4 is 0 Å². The number of hydrogen-bond acceptors (Lipinski definition) is 5. The fourth-order valence-electron chi connectivity index (χ4n) is 1.32. The summed E-state index contributed by atoms with van der Waals surface area (Å²) in [7, 11) is 0. The molecule has 120 valence electrons. The van der Waals surface area contributed by atoms with Gasteiger partial charge in [0.15, 0.2) is 0 Å². The van der Waals surface area contributed by atoms with E-state index < -0.39 is 28.9 Å². The molecule has 0 spiro atoms. The van der Waals surface area contributed by atoms with Crippen LogP contribution in [0.5, 0.6) is 0 Å². The van der Waals surface area contributed by atoms with Gasteiger partial charge in [0.2, 0.25) is 5.79 Å². The summed E-state index contributed by atoms with van der Waals surface area (Å²) < 4.78 is 0. The molecule has 0 aromatic heterocycles. The molecule has 20 heavy (non-hydrogen) atoms. The number of aliphatic carboxylic acids is 1. The zero-order valence-corrected chi connectivity index (χ0v) is 13.8. The molecule has 6 heteroatoms. The lowest BCUT2D eigenvalue weighted by Gasteiger charge is -2.35. The highest BCUT2D eigenvalue weighted by molar-refractivity contribution is 5.71. The quantitative estimate of drug-likeness (QED) is 0.441. The van der Waals surface area contributed by atoms with Crippen molar-refractivity contribution >= 4 is 5.97 Å². The Morgan fingerprint density at radius 3 is 1.45 bits per heavy atom. The normalized spacial score (nSPS) is 15.2. The van der Waals surface area contributed by atoms with Crippen LogP contribution in [-0.4, -0.2) is 28.1 Å². The fraction of sp³-hybridized carbons (Fsp3) is 0.929. The van der Waals surface area contributed by atoms with E-state index in [1.165, 1.54) is 6.92 Å². The van der Waals surface area contributed by atoms with E-state index in [1.807, 2.05) is 0 Å². The van der Waals surface area contributed by atoms with Gasteiger partial charge in [-0.05, 0) is 54.9 Å². The maximum Gasteiger partial charge on any atom is 0.312 e. The maximum atomic E-state index is 11.4. The summed E-state index contributed by atoms with van der Waals surface area (Å²) in [6.45, 7) is 14.0. The van der Waals surface area contributed by atoms with Crippen LogP contribution in [0.3, 0.4) is 0 Å². The van der Waals surface area contributed by atoms with Gasteiger partial charge >= 0.3 is 5.97 Å². The molecule has 0 aliphatic carbocycles. The molecule has 1 atom stereocenters. The van der Waals surface area contributed by atoms with E-state index >= 15 is 0 Å². The van der Waals surface area contributed by atoms with Gasteiger partial charge in [-0.2, -0.15) is 9.78 Å². The minimum Gasteiger partial charge on any atom is -0.481 e. The summed E-state index contributed by atoms with van der Waals surface area (Å²) in [6.07, 6.45) is 0.312. The van der Waals surface area contributed by atoms with Crippen molar-refractivity contribution in [3.8, 4) is 0 Å². The number of carboxylic acids is 1. The topological polar surface area (TPSA) is 74.2 Å². The van der Waals surface area contributed by atoms with Gasteiger partial charge in [-0.3, -0.25) is 4.79 Å². The molecule has 0 saturated carbocycles. The van der Waals surface area contributed by atoms with Gasteiger partial charge in [0, 0.05) is 0 Å². The molecule has 0 amide bonds. The standard InChI is InChI=1S/C14H28O6/c1-9-10(11(15)16)14(8,19-17-12(2,3)4)20-18-13(5,6)7/h10H,9H2,1-8H3,(H,15,16). The molecule has 0 aromatic carbocycles. The Morgan fingerprint density at radius 2 is 1.25 bits per heavy atom. The molecule has 6 nitrogen and oxygen atoms in total. The van der Waals surface area contributed by atoms with E-state index in [0.717, 1.165) is 0 Å². The van der Waals surface area contributed by atoms with Crippen molar-refractivity contribution in [1.82, 2.24) is 0 Å². The van der Waals surface area contributed by atoms with Crippen molar-refractivity contribution in [2.45, 2.75) is 78.8 Å². The first-order valence-corrected chi connectivity index (χ1v) is 6.77. The van der Waals surface area contributed by atoms with Gasteiger partial charge < -0.3 is 5.11 Å². The van der Waals surface area contributed by atoms with E-state index in [-0.39, 0.29) is 0 Å². The van der Waals surface area contributed by atoms with Crippen molar-refractivity contribution in [2.75, 3.05) is 0 Å². The average molecular weight is 292 g/mol. The summed E-state index contributed by atoms with van der Waals surface area (Å²) in [6, 6.07) is 0. The Morgan fingerprint density at radius 1 is 0.900 bits per heavy atom. The number of hydrogen-bond donors (Lipinski definition) is 1. The highest BCUT2D eigenvalue weighted by Gasteiger charge is 2.45. The lowest BCUT2D eigenvalue weighted by atomic mass is 9.97. The van der Waals surface area contributed by atoms with Crippen LogP contribution >= 0.6 is 0 Å². The van der Waals surface area contributed by atoms with Gasteiger partial charge in [0.1, 0.15) is 5.92 Å². The minimum absolute atomic E-state index is 0.312. The van der Waals surface area contributed by atoms with Gasteiger partial charge in [-0.15, -0.1) is 0 Å². The highest BCUT2D eigenvalue weighted by atomic mass is 17.3. The lowest BCUT2D eigenvalue weighted by Crippen LogP contribution is -2.47. The first-order chi connectivity index (χ1) is 8.81. The van der Waals surface area contributed by atoms with E-state index in [2.05, 4.69) is 0 Å².